The standard InChI is InChI=1S/C14H16N2O4/c1-10-8-16(14(18)20-10)12-4-2-11(3-5-12)15-6-7-19-9-13(15)17/h2-5,10H,6-9H2,1H3/t10-/m0/s1. The molecule has 20 heavy (non-hydrogen) atoms. The van der Waals surface area contributed by atoms with Gasteiger partial charge in [-0.3, -0.25) is 9.69 Å². The van der Waals surface area contributed by atoms with E-state index in [1.165, 1.54) is 0 Å². The van der Waals surface area contributed by atoms with Crippen LogP contribution in [0.2, 0.25) is 0 Å². The summed E-state index contributed by atoms with van der Waals surface area (Å²) in [6, 6.07) is 7.35. The normalized spacial score (nSPS) is 23.1. The lowest BCUT2D eigenvalue weighted by Crippen LogP contribution is -2.41. The van der Waals surface area contributed by atoms with E-state index >= 15 is 0 Å². The van der Waals surface area contributed by atoms with Gasteiger partial charge in [0.1, 0.15) is 12.7 Å². The number of ether oxygens (including phenoxy) is 2. The van der Waals surface area contributed by atoms with Gasteiger partial charge in [-0.15, -0.1) is 0 Å². The van der Waals surface area contributed by atoms with Crippen molar-refractivity contribution in [3.05, 3.63) is 24.3 Å². The fourth-order valence-corrected chi connectivity index (χ4v) is 2.42. The molecule has 0 aromatic heterocycles. The lowest BCUT2D eigenvalue weighted by molar-refractivity contribution is -0.125. The second kappa shape index (κ2) is 5.13. The first-order valence-corrected chi connectivity index (χ1v) is 6.61. The van der Waals surface area contributed by atoms with Crippen LogP contribution in [0.5, 0.6) is 0 Å². The quantitative estimate of drug-likeness (QED) is 0.819. The van der Waals surface area contributed by atoms with Crippen LogP contribution in [0.25, 0.3) is 0 Å². The van der Waals surface area contributed by atoms with Gasteiger partial charge in [0.05, 0.1) is 13.2 Å². The Kier molecular flexibility index (Phi) is 3.31. The van der Waals surface area contributed by atoms with E-state index in [2.05, 4.69) is 0 Å². The fraction of sp³-hybridized carbons (Fsp3) is 0.429. The lowest BCUT2D eigenvalue weighted by Gasteiger charge is -2.27. The first-order valence-electron chi connectivity index (χ1n) is 6.61. The number of anilines is 2. The number of hydrogen-bond donors (Lipinski definition) is 0. The summed E-state index contributed by atoms with van der Waals surface area (Å²) in [5, 5.41) is 0. The van der Waals surface area contributed by atoms with Crippen molar-refractivity contribution in [2.24, 2.45) is 0 Å². The summed E-state index contributed by atoms with van der Waals surface area (Å²) in [6.07, 6.45) is -0.421. The highest BCUT2D eigenvalue weighted by molar-refractivity contribution is 5.95. The van der Waals surface area contributed by atoms with Crippen molar-refractivity contribution in [2.75, 3.05) is 36.1 Å². The number of benzene rings is 1. The highest BCUT2D eigenvalue weighted by atomic mass is 16.6. The number of carbonyl (C=O) groups excluding carboxylic acids is 2. The van der Waals surface area contributed by atoms with Gasteiger partial charge in [0.25, 0.3) is 5.91 Å². The zero-order valence-corrected chi connectivity index (χ0v) is 11.2. The van der Waals surface area contributed by atoms with E-state index in [9.17, 15) is 9.59 Å². The van der Waals surface area contributed by atoms with Gasteiger partial charge in [-0.05, 0) is 31.2 Å². The molecule has 2 saturated heterocycles. The Labute approximate surface area is 116 Å². The minimum atomic E-state index is -0.326. The number of hydrogen-bond acceptors (Lipinski definition) is 4. The summed E-state index contributed by atoms with van der Waals surface area (Å²) in [4.78, 5) is 26.7. The van der Waals surface area contributed by atoms with Gasteiger partial charge >= 0.3 is 6.09 Å². The molecule has 0 N–H and O–H groups in total. The molecule has 0 radical (unpaired) electrons. The molecule has 3 rings (SSSR count). The Balaban J connectivity index is 1.77. The molecule has 1 aromatic carbocycles. The molecule has 106 valence electrons. The Morgan fingerprint density at radius 1 is 1.10 bits per heavy atom. The summed E-state index contributed by atoms with van der Waals surface area (Å²) in [5.74, 6) is -0.0433. The van der Waals surface area contributed by atoms with E-state index in [-0.39, 0.29) is 24.7 Å². The van der Waals surface area contributed by atoms with E-state index < -0.39 is 0 Å². The number of morpholine rings is 1. The molecule has 2 aliphatic heterocycles. The van der Waals surface area contributed by atoms with Crippen LogP contribution in [0.15, 0.2) is 24.3 Å². The number of rotatable bonds is 2. The number of cyclic esters (lactones) is 1. The minimum absolute atomic E-state index is 0.0433. The molecule has 0 aliphatic carbocycles. The molecular formula is C14H16N2O4. The van der Waals surface area contributed by atoms with Crippen LogP contribution < -0.4 is 9.80 Å². The topological polar surface area (TPSA) is 59.1 Å². The predicted molar refractivity (Wildman–Crippen MR) is 72.9 cm³/mol. The molecule has 0 spiro atoms. The van der Waals surface area contributed by atoms with Gasteiger partial charge in [-0.2, -0.15) is 0 Å². The minimum Gasteiger partial charge on any atom is -0.444 e. The first kappa shape index (κ1) is 12.9. The molecule has 0 saturated carbocycles. The van der Waals surface area contributed by atoms with Gasteiger partial charge in [-0.25, -0.2) is 4.79 Å². The number of amides is 2. The van der Waals surface area contributed by atoms with Gasteiger partial charge in [0, 0.05) is 17.9 Å². The molecule has 1 atom stereocenters. The SMILES string of the molecule is C[C@H]1CN(c2ccc(N3CCOCC3=O)cc2)C(=O)O1. The van der Waals surface area contributed by atoms with Crippen molar-refractivity contribution in [1.82, 2.24) is 0 Å². The molecular weight excluding hydrogens is 260 g/mol. The van der Waals surface area contributed by atoms with Gasteiger partial charge in [0.15, 0.2) is 0 Å². The number of nitrogens with zero attached hydrogens (tertiary/aromatic N) is 2. The largest absolute Gasteiger partial charge is 0.444 e. The second-order valence-corrected chi connectivity index (χ2v) is 4.92. The average Bonchev–Trinajstić information content (AvgIpc) is 2.79. The molecule has 2 fully saturated rings. The molecule has 6 nitrogen and oxygen atoms in total. The Bertz CT molecular complexity index is 499. The van der Waals surface area contributed by atoms with E-state index in [1.807, 2.05) is 31.2 Å². The van der Waals surface area contributed by atoms with Crippen LogP contribution in [0, 0.1) is 0 Å². The molecule has 2 amide bonds. The third kappa shape index (κ3) is 2.34. The van der Waals surface area contributed by atoms with Crippen molar-refractivity contribution in [1.29, 1.82) is 0 Å². The van der Waals surface area contributed by atoms with Crippen LogP contribution in [0.4, 0.5) is 16.2 Å². The summed E-state index contributed by atoms with van der Waals surface area (Å²) in [5.41, 5.74) is 1.60. The van der Waals surface area contributed by atoms with Crippen LogP contribution in [-0.4, -0.2) is 44.4 Å². The maximum atomic E-state index is 11.7. The highest BCUT2D eigenvalue weighted by Crippen LogP contribution is 2.25. The van der Waals surface area contributed by atoms with E-state index in [4.69, 9.17) is 9.47 Å². The third-order valence-corrected chi connectivity index (χ3v) is 3.42. The van der Waals surface area contributed by atoms with Crippen LogP contribution in [0.1, 0.15) is 6.92 Å². The molecule has 0 unspecified atom stereocenters. The van der Waals surface area contributed by atoms with Gasteiger partial charge in [0.2, 0.25) is 0 Å². The fourth-order valence-electron chi connectivity index (χ4n) is 2.42. The Morgan fingerprint density at radius 3 is 2.30 bits per heavy atom. The van der Waals surface area contributed by atoms with Crippen LogP contribution in [0.3, 0.4) is 0 Å². The number of carbonyl (C=O) groups is 2. The molecule has 6 heteroatoms. The van der Waals surface area contributed by atoms with Gasteiger partial charge < -0.3 is 14.4 Å². The maximum absolute atomic E-state index is 11.7. The monoisotopic (exact) mass is 276 g/mol. The zero-order chi connectivity index (χ0) is 14.1. The van der Waals surface area contributed by atoms with Crippen molar-refractivity contribution in [2.45, 2.75) is 13.0 Å². The summed E-state index contributed by atoms with van der Waals surface area (Å²) in [6.45, 7) is 3.63. The van der Waals surface area contributed by atoms with E-state index in [0.717, 1.165) is 11.4 Å². The predicted octanol–water partition coefficient (Wildman–Crippen LogP) is 1.39. The van der Waals surface area contributed by atoms with Crippen molar-refractivity contribution in [3.63, 3.8) is 0 Å². The lowest BCUT2D eigenvalue weighted by atomic mass is 10.2. The zero-order valence-electron chi connectivity index (χ0n) is 11.2. The second-order valence-electron chi connectivity index (χ2n) is 4.92. The van der Waals surface area contributed by atoms with E-state index in [1.54, 1.807) is 9.80 Å². The van der Waals surface area contributed by atoms with Crippen molar-refractivity contribution >= 4 is 23.4 Å². The Morgan fingerprint density at radius 2 is 1.75 bits per heavy atom. The molecule has 2 heterocycles. The maximum Gasteiger partial charge on any atom is 0.414 e. The smallest absolute Gasteiger partial charge is 0.414 e. The first-order chi connectivity index (χ1) is 9.65. The molecule has 0 bridgehead atoms. The van der Waals surface area contributed by atoms with Crippen molar-refractivity contribution in [3.8, 4) is 0 Å². The average molecular weight is 276 g/mol. The molecule has 2 aliphatic rings. The third-order valence-electron chi connectivity index (χ3n) is 3.42. The molecule has 1 aromatic rings. The Hall–Kier alpha value is -2.08. The van der Waals surface area contributed by atoms with Crippen molar-refractivity contribution < 1.29 is 19.1 Å². The summed E-state index contributed by atoms with van der Waals surface area (Å²) in [7, 11) is 0. The van der Waals surface area contributed by atoms with Crippen LogP contribution in [-0.2, 0) is 14.3 Å². The van der Waals surface area contributed by atoms with Crippen LogP contribution >= 0.6 is 0 Å². The highest BCUT2D eigenvalue weighted by Gasteiger charge is 2.29. The van der Waals surface area contributed by atoms with Gasteiger partial charge in [-0.1, -0.05) is 0 Å². The summed E-state index contributed by atoms with van der Waals surface area (Å²) < 4.78 is 10.2. The summed E-state index contributed by atoms with van der Waals surface area (Å²) >= 11 is 0. The van der Waals surface area contributed by atoms with E-state index in [0.29, 0.717) is 19.7 Å².